The van der Waals surface area contributed by atoms with E-state index >= 15 is 0 Å². The van der Waals surface area contributed by atoms with Gasteiger partial charge in [-0.15, -0.1) is 5.10 Å². The van der Waals surface area contributed by atoms with Crippen molar-refractivity contribution < 1.29 is 9.53 Å². The number of aromatic nitrogens is 2. The molecule has 1 aliphatic rings. The van der Waals surface area contributed by atoms with Crippen LogP contribution in [-0.2, 0) is 4.74 Å². The van der Waals surface area contributed by atoms with E-state index in [1.54, 1.807) is 13.0 Å². The Balaban J connectivity index is 2.23. The van der Waals surface area contributed by atoms with E-state index in [0.29, 0.717) is 18.0 Å². The predicted octanol–water partition coefficient (Wildman–Crippen LogP) is 0.0629. The number of nitrogens with one attached hydrogen (secondary N) is 1. The van der Waals surface area contributed by atoms with Gasteiger partial charge in [0.05, 0.1) is 12.8 Å². The van der Waals surface area contributed by atoms with Gasteiger partial charge in [0.15, 0.2) is 5.82 Å². The minimum Gasteiger partial charge on any atom is -0.462 e. The lowest BCUT2D eigenvalue weighted by Gasteiger charge is -2.28. The molecule has 1 N–H and O–H groups in total. The van der Waals surface area contributed by atoms with Crippen LogP contribution in [0.2, 0.25) is 0 Å². The molecule has 1 fully saturated rings. The second-order valence-electron chi connectivity index (χ2n) is 3.73. The van der Waals surface area contributed by atoms with Crippen LogP contribution in [0.4, 0.5) is 5.82 Å². The minimum absolute atomic E-state index is 0.337. The van der Waals surface area contributed by atoms with Gasteiger partial charge in [-0.05, 0) is 13.0 Å². The summed E-state index contributed by atoms with van der Waals surface area (Å²) in [5.41, 5.74) is 0.490. The summed E-state index contributed by atoms with van der Waals surface area (Å²) in [6.45, 7) is 5.58. The Kier molecular flexibility index (Phi) is 3.87. The largest absolute Gasteiger partial charge is 0.462 e. The van der Waals surface area contributed by atoms with Crippen molar-refractivity contribution in [1.29, 1.82) is 0 Å². The molecule has 2 rings (SSSR count). The normalized spacial score (nSPS) is 15.7. The van der Waals surface area contributed by atoms with Crippen LogP contribution in [-0.4, -0.2) is 49.0 Å². The van der Waals surface area contributed by atoms with E-state index in [0.717, 1.165) is 26.2 Å². The molecule has 0 unspecified atom stereocenters. The molecule has 0 saturated carbocycles. The third kappa shape index (κ3) is 2.71. The first kappa shape index (κ1) is 11.8. The van der Waals surface area contributed by atoms with Gasteiger partial charge in [0.25, 0.3) is 0 Å². The van der Waals surface area contributed by atoms with E-state index < -0.39 is 0 Å². The average molecular weight is 236 g/mol. The molecular formula is C11H16N4O2. The number of hydrogen-bond donors (Lipinski definition) is 1. The maximum absolute atomic E-state index is 11.8. The number of esters is 1. The van der Waals surface area contributed by atoms with Crippen molar-refractivity contribution in [2.24, 2.45) is 0 Å². The quantitative estimate of drug-likeness (QED) is 0.749. The van der Waals surface area contributed by atoms with E-state index in [9.17, 15) is 4.79 Å². The van der Waals surface area contributed by atoms with Crippen molar-refractivity contribution in [3.05, 3.63) is 17.8 Å². The molecule has 17 heavy (non-hydrogen) atoms. The maximum atomic E-state index is 11.8. The predicted molar refractivity (Wildman–Crippen MR) is 63.1 cm³/mol. The number of carbonyl (C=O) groups excluding carboxylic acids is 1. The highest BCUT2D eigenvalue weighted by atomic mass is 16.5. The smallest absolute Gasteiger partial charge is 0.342 e. The van der Waals surface area contributed by atoms with Crippen molar-refractivity contribution in [2.45, 2.75) is 6.92 Å². The Labute approximate surface area is 100.0 Å². The third-order valence-corrected chi connectivity index (χ3v) is 2.61. The molecule has 6 nitrogen and oxygen atoms in total. The summed E-state index contributed by atoms with van der Waals surface area (Å²) in [4.78, 5) is 13.8. The van der Waals surface area contributed by atoms with Crippen LogP contribution >= 0.6 is 0 Å². The first-order chi connectivity index (χ1) is 8.33. The molecule has 1 saturated heterocycles. The summed E-state index contributed by atoms with van der Waals surface area (Å²) in [6, 6.07) is 1.66. The van der Waals surface area contributed by atoms with Gasteiger partial charge in [-0.2, -0.15) is 5.10 Å². The molecule has 1 aromatic rings. The van der Waals surface area contributed by atoms with Crippen molar-refractivity contribution in [3.63, 3.8) is 0 Å². The Hall–Kier alpha value is -1.69. The average Bonchev–Trinajstić information content (AvgIpc) is 2.40. The zero-order valence-corrected chi connectivity index (χ0v) is 9.85. The van der Waals surface area contributed by atoms with Crippen LogP contribution < -0.4 is 10.2 Å². The van der Waals surface area contributed by atoms with E-state index in [1.165, 1.54) is 6.20 Å². The standard InChI is InChI=1S/C11H16N4O2/c1-2-17-11(16)9-3-4-13-14-10(9)15-7-5-12-6-8-15/h3-4,12H,2,5-8H2,1H3. The summed E-state index contributed by atoms with van der Waals surface area (Å²) in [5, 5.41) is 11.1. The fourth-order valence-corrected chi connectivity index (χ4v) is 1.80. The number of rotatable bonds is 3. The second kappa shape index (κ2) is 5.58. The summed E-state index contributed by atoms with van der Waals surface area (Å²) in [7, 11) is 0. The maximum Gasteiger partial charge on any atom is 0.342 e. The topological polar surface area (TPSA) is 67.3 Å². The highest BCUT2D eigenvalue weighted by Crippen LogP contribution is 2.17. The SMILES string of the molecule is CCOC(=O)c1ccnnc1N1CCNCC1. The summed E-state index contributed by atoms with van der Waals surface area (Å²) in [5.74, 6) is 0.281. The van der Waals surface area contributed by atoms with Crippen LogP contribution in [0, 0.1) is 0 Å². The van der Waals surface area contributed by atoms with E-state index in [4.69, 9.17) is 4.74 Å². The van der Waals surface area contributed by atoms with Crippen molar-refractivity contribution in [2.75, 3.05) is 37.7 Å². The summed E-state index contributed by atoms with van der Waals surface area (Å²) >= 11 is 0. The van der Waals surface area contributed by atoms with Gasteiger partial charge in [0.2, 0.25) is 0 Å². The summed E-state index contributed by atoms with van der Waals surface area (Å²) < 4.78 is 5.01. The van der Waals surface area contributed by atoms with Gasteiger partial charge in [-0.1, -0.05) is 0 Å². The second-order valence-corrected chi connectivity index (χ2v) is 3.73. The van der Waals surface area contributed by atoms with Gasteiger partial charge in [-0.25, -0.2) is 4.79 Å². The number of carbonyl (C=O) groups is 1. The van der Waals surface area contributed by atoms with E-state index in [2.05, 4.69) is 20.4 Å². The molecule has 1 aromatic heterocycles. The van der Waals surface area contributed by atoms with Crippen LogP contribution in [0.1, 0.15) is 17.3 Å². The van der Waals surface area contributed by atoms with Crippen molar-refractivity contribution >= 4 is 11.8 Å². The number of hydrogen-bond acceptors (Lipinski definition) is 6. The highest BCUT2D eigenvalue weighted by Gasteiger charge is 2.20. The Bertz CT molecular complexity index is 391. The molecule has 0 amide bonds. The zero-order valence-electron chi connectivity index (χ0n) is 9.85. The number of piperazine rings is 1. The number of ether oxygens (including phenoxy) is 1. The van der Waals surface area contributed by atoms with E-state index in [-0.39, 0.29) is 5.97 Å². The number of anilines is 1. The van der Waals surface area contributed by atoms with Gasteiger partial charge >= 0.3 is 5.97 Å². The van der Waals surface area contributed by atoms with Gasteiger partial charge < -0.3 is 15.0 Å². The first-order valence-electron chi connectivity index (χ1n) is 5.77. The molecule has 0 bridgehead atoms. The van der Waals surface area contributed by atoms with Crippen LogP contribution in [0.15, 0.2) is 12.3 Å². The van der Waals surface area contributed by atoms with Crippen molar-refractivity contribution in [3.8, 4) is 0 Å². The lowest BCUT2D eigenvalue weighted by atomic mass is 10.2. The molecule has 0 aromatic carbocycles. The van der Waals surface area contributed by atoms with Gasteiger partial charge in [0, 0.05) is 26.2 Å². The Morgan fingerprint density at radius 1 is 1.53 bits per heavy atom. The Morgan fingerprint density at radius 2 is 2.29 bits per heavy atom. The molecule has 0 aliphatic carbocycles. The highest BCUT2D eigenvalue weighted by molar-refractivity contribution is 5.94. The van der Waals surface area contributed by atoms with Crippen molar-refractivity contribution in [1.82, 2.24) is 15.5 Å². The van der Waals surface area contributed by atoms with Crippen LogP contribution in [0.3, 0.4) is 0 Å². The van der Waals surface area contributed by atoms with Crippen LogP contribution in [0.5, 0.6) is 0 Å². The molecule has 0 spiro atoms. The van der Waals surface area contributed by atoms with Gasteiger partial charge in [0.1, 0.15) is 5.56 Å². The first-order valence-corrected chi connectivity index (χ1v) is 5.77. The minimum atomic E-state index is -0.337. The molecule has 0 radical (unpaired) electrons. The number of nitrogens with zero attached hydrogens (tertiary/aromatic N) is 3. The molecule has 6 heteroatoms. The molecule has 92 valence electrons. The van der Waals surface area contributed by atoms with Crippen LogP contribution in [0.25, 0.3) is 0 Å². The lowest BCUT2D eigenvalue weighted by Crippen LogP contribution is -2.44. The fraction of sp³-hybridized carbons (Fsp3) is 0.545. The zero-order chi connectivity index (χ0) is 12.1. The molecule has 1 aliphatic heterocycles. The summed E-state index contributed by atoms with van der Waals surface area (Å²) in [6.07, 6.45) is 1.51. The monoisotopic (exact) mass is 236 g/mol. The van der Waals surface area contributed by atoms with Gasteiger partial charge in [-0.3, -0.25) is 0 Å². The molecular weight excluding hydrogens is 220 g/mol. The fourth-order valence-electron chi connectivity index (χ4n) is 1.80. The van der Waals surface area contributed by atoms with E-state index in [1.807, 2.05) is 0 Å². The molecule has 2 heterocycles. The Morgan fingerprint density at radius 3 is 3.00 bits per heavy atom. The lowest BCUT2D eigenvalue weighted by molar-refractivity contribution is 0.0526. The third-order valence-electron chi connectivity index (χ3n) is 2.61. The molecule has 0 atom stereocenters.